The SMILES string of the molecule is O=C(SC1CCc2ccccc2C1=O)c1ccccc1. The summed E-state index contributed by atoms with van der Waals surface area (Å²) in [5.74, 6) is 0.0844. The molecule has 0 fully saturated rings. The predicted molar refractivity (Wildman–Crippen MR) is 81.2 cm³/mol. The Morgan fingerprint density at radius 2 is 1.70 bits per heavy atom. The first-order valence-electron chi connectivity index (χ1n) is 6.64. The van der Waals surface area contributed by atoms with Gasteiger partial charge in [-0.3, -0.25) is 9.59 Å². The second-order valence-corrected chi connectivity index (χ2v) is 6.00. The number of hydrogen-bond acceptors (Lipinski definition) is 3. The molecule has 1 aliphatic rings. The second-order valence-electron chi connectivity index (χ2n) is 4.82. The van der Waals surface area contributed by atoms with Gasteiger partial charge in [-0.1, -0.05) is 66.4 Å². The Morgan fingerprint density at radius 3 is 2.50 bits per heavy atom. The summed E-state index contributed by atoms with van der Waals surface area (Å²) in [6.07, 6.45) is 1.60. The molecule has 2 nitrogen and oxygen atoms in total. The summed E-state index contributed by atoms with van der Waals surface area (Å²) in [6, 6.07) is 16.8. The minimum absolute atomic E-state index is 0.0247. The lowest BCUT2D eigenvalue weighted by Crippen LogP contribution is -2.26. The minimum atomic E-state index is -0.252. The largest absolute Gasteiger partial charge is 0.293 e. The van der Waals surface area contributed by atoms with Crippen LogP contribution in [0, 0.1) is 0 Å². The Kier molecular flexibility index (Phi) is 3.70. The average molecular weight is 282 g/mol. The van der Waals surface area contributed by atoms with Crippen LogP contribution in [0.4, 0.5) is 0 Å². The van der Waals surface area contributed by atoms with Crippen LogP contribution >= 0.6 is 11.8 Å². The molecule has 1 aliphatic carbocycles. The van der Waals surface area contributed by atoms with E-state index in [1.165, 1.54) is 0 Å². The third-order valence-corrected chi connectivity index (χ3v) is 4.69. The highest BCUT2D eigenvalue weighted by Gasteiger charge is 2.29. The van der Waals surface area contributed by atoms with E-state index in [1.807, 2.05) is 42.5 Å². The summed E-state index contributed by atoms with van der Waals surface area (Å²) in [5, 5.41) is -0.277. The lowest BCUT2D eigenvalue weighted by Gasteiger charge is -2.22. The monoisotopic (exact) mass is 282 g/mol. The maximum Gasteiger partial charge on any atom is 0.220 e. The number of carbonyl (C=O) groups excluding carboxylic acids is 2. The summed E-state index contributed by atoms with van der Waals surface area (Å²) in [7, 11) is 0. The molecule has 2 aromatic rings. The van der Waals surface area contributed by atoms with Crippen LogP contribution in [0.1, 0.15) is 32.7 Å². The van der Waals surface area contributed by atoms with Crippen LogP contribution in [0.15, 0.2) is 54.6 Å². The molecule has 0 bridgehead atoms. The number of Topliss-reactive ketones (excluding diaryl/α,β-unsaturated/α-hetero) is 1. The van der Waals surface area contributed by atoms with Crippen molar-refractivity contribution in [3.63, 3.8) is 0 Å². The third-order valence-electron chi connectivity index (χ3n) is 3.51. The molecule has 20 heavy (non-hydrogen) atoms. The smallest absolute Gasteiger partial charge is 0.220 e. The van der Waals surface area contributed by atoms with Gasteiger partial charge in [0.2, 0.25) is 5.12 Å². The van der Waals surface area contributed by atoms with Gasteiger partial charge in [0.05, 0.1) is 5.25 Å². The predicted octanol–water partition coefficient (Wildman–Crippen LogP) is 3.76. The van der Waals surface area contributed by atoms with Gasteiger partial charge in [0.15, 0.2) is 5.78 Å². The number of hydrogen-bond donors (Lipinski definition) is 0. The molecule has 3 heteroatoms. The number of benzene rings is 2. The maximum absolute atomic E-state index is 12.4. The molecule has 2 aromatic carbocycles. The lowest BCUT2D eigenvalue weighted by atomic mass is 9.90. The summed E-state index contributed by atoms with van der Waals surface area (Å²) in [6.45, 7) is 0. The zero-order valence-electron chi connectivity index (χ0n) is 10.9. The molecule has 1 atom stereocenters. The number of rotatable bonds is 2. The van der Waals surface area contributed by atoms with Gasteiger partial charge in [-0.05, 0) is 18.4 Å². The summed E-state index contributed by atoms with van der Waals surface area (Å²) in [5.41, 5.74) is 2.53. The van der Waals surface area contributed by atoms with E-state index in [1.54, 1.807) is 12.1 Å². The van der Waals surface area contributed by atoms with Gasteiger partial charge < -0.3 is 0 Å². The van der Waals surface area contributed by atoms with Gasteiger partial charge in [-0.15, -0.1) is 0 Å². The van der Waals surface area contributed by atoms with Crippen LogP contribution in [-0.4, -0.2) is 16.1 Å². The van der Waals surface area contributed by atoms with Crippen LogP contribution in [0.25, 0.3) is 0 Å². The third kappa shape index (κ3) is 2.54. The van der Waals surface area contributed by atoms with Gasteiger partial charge in [0.25, 0.3) is 0 Å². The van der Waals surface area contributed by atoms with Crippen molar-refractivity contribution in [1.29, 1.82) is 0 Å². The molecule has 0 aliphatic heterocycles. The Balaban J connectivity index is 1.77. The fourth-order valence-electron chi connectivity index (χ4n) is 2.45. The van der Waals surface area contributed by atoms with Crippen LogP contribution in [0.5, 0.6) is 0 Å². The lowest BCUT2D eigenvalue weighted by molar-refractivity contribution is 0.0973. The molecule has 0 saturated carbocycles. The van der Waals surface area contributed by atoms with Crippen molar-refractivity contribution in [2.24, 2.45) is 0 Å². The van der Waals surface area contributed by atoms with Crippen LogP contribution < -0.4 is 0 Å². The van der Waals surface area contributed by atoms with Gasteiger partial charge in [0.1, 0.15) is 0 Å². The average Bonchev–Trinajstić information content (AvgIpc) is 2.51. The molecular formula is C17H14O2S. The van der Waals surface area contributed by atoms with E-state index in [-0.39, 0.29) is 16.1 Å². The number of thioether (sulfide) groups is 1. The first-order chi connectivity index (χ1) is 9.75. The molecule has 0 radical (unpaired) electrons. The standard InChI is InChI=1S/C17H14O2S/c18-16-14-9-5-4-6-12(14)10-11-15(16)20-17(19)13-7-2-1-3-8-13/h1-9,15H,10-11H2. The highest BCUT2D eigenvalue weighted by atomic mass is 32.2. The molecule has 100 valence electrons. The molecule has 1 unspecified atom stereocenters. The highest BCUT2D eigenvalue weighted by Crippen LogP contribution is 2.30. The molecule has 0 spiro atoms. The van der Waals surface area contributed by atoms with Crippen molar-refractivity contribution in [2.75, 3.05) is 0 Å². The van der Waals surface area contributed by atoms with Gasteiger partial charge >= 0.3 is 0 Å². The Hall–Kier alpha value is -1.87. The van der Waals surface area contributed by atoms with Crippen molar-refractivity contribution in [3.8, 4) is 0 Å². The second kappa shape index (κ2) is 5.63. The first-order valence-corrected chi connectivity index (χ1v) is 7.52. The molecule has 0 heterocycles. The van der Waals surface area contributed by atoms with Crippen molar-refractivity contribution in [2.45, 2.75) is 18.1 Å². The van der Waals surface area contributed by atoms with Crippen LogP contribution in [-0.2, 0) is 6.42 Å². The van der Waals surface area contributed by atoms with Gasteiger partial charge in [0, 0.05) is 11.1 Å². The van der Waals surface area contributed by atoms with E-state index in [0.717, 1.165) is 35.7 Å². The van der Waals surface area contributed by atoms with Crippen LogP contribution in [0.3, 0.4) is 0 Å². The minimum Gasteiger partial charge on any atom is -0.293 e. The zero-order valence-corrected chi connectivity index (χ0v) is 11.7. The van der Waals surface area contributed by atoms with Crippen molar-refractivity contribution in [3.05, 3.63) is 71.3 Å². The van der Waals surface area contributed by atoms with Crippen molar-refractivity contribution < 1.29 is 9.59 Å². The molecule has 0 aromatic heterocycles. The number of aryl methyl sites for hydroxylation is 1. The Morgan fingerprint density at radius 1 is 1.00 bits per heavy atom. The van der Waals surface area contributed by atoms with E-state index >= 15 is 0 Å². The van der Waals surface area contributed by atoms with Gasteiger partial charge in [-0.2, -0.15) is 0 Å². The van der Waals surface area contributed by atoms with E-state index in [9.17, 15) is 9.59 Å². The summed E-state index contributed by atoms with van der Waals surface area (Å²) < 4.78 is 0. The van der Waals surface area contributed by atoms with Crippen molar-refractivity contribution >= 4 is 22.7 Å². The van der Waals surface area contributed by atoms with E-state index in [0.29, 0.717) is 5.56 Å². The topological polar surface area (TPSA) is 34.1 Å². The maximum atomic E-state index is 12.4. The van der Waals surface area contributed by atoms with E-state index in [2.05, 4.69) is 0 Å². The first kappa shape index (κ1) is 13.1. The van der Waals surface area contributed by atoms with Crippen LogP contribution in [0.2, 0.25) is 0 Å². The normalized spacial score (nSPS) is 17.6. The molecular weight excluding hydrogens is 268 g/mol. The quantitative estimate of drug-likeness (QED) is 0.841. The molecule has 3 rings (SSSR count). The number of carbonyl (C=O) groups is 2. The molecule has 0 amide bonds. The molecule has 0 N–H and O–H groups in total. The zero-order chi connectivity index (χ0) is 13.9. The highest BCUT2D eigenvalue weighted by molar-refractivity contribution is 8.15. The Bertz CT molecular complexity index is 649. The number of ketones is 1. The van der Waals surface area contributed by atoms with E-state index < -0.39 is 0 Å². The van der Waals surface area contributed by atoms with Gasteiger partial charge in [-0.25, -0.2) is 0 Å². The Labute approximate surface area is 122 Å². The summed E-state index contributed by atoms with van der Waals surface area (Å²) >= 11 is 1.16. The fraction of sp³-hybridized carbons (Fsp3) is 0.176. The van der Waals surface area contributed by atoms with Crippen molar-refractivity contribution in [1.82, 2.24) is 0 Å². The number of fused-ring (bicyclic) bond motifs is 1. The molecule has 0 saturated heterocycles. The fourth-order valence-corrected chi connectivity index (χ4v) is 3.45. The summed E-state index contributed by atoms with van der Waals surface area (Å²) in [4.78, 5) is 24.6. The van der Waals surface area contributed by atoms with E-state index in [4.69, 9.17) is 0 Å².